The molecule has 2 heterocycles. The summed E-state index contributed by atoms with van der Waals surface area (Å²) in [6.45, 7) is 3.95. The van der Waals surface area contributed by atoms with Crippen molar-refractivity contribution in [1.82, 2.24) is 5.32 Å². The van der Waals surface area contributed by atoms with E-state index in [0.29, 0.717) is 6.54 Å². The van der Waals surface area contributed by atoms with Crippen LogP contribution in [0.15, 0.2) is 24.3 Å². The van der Waals surface area contributed by atoms with Crippen LogP contribution >= 0.6 is 11.8 Å². The number of nitrogens with zero attached hydrogens (tertiary/aromatic N) is 1. The summed E-state index contributed by atoms with van der Waals surface area (Å²) in [4.78, 5) is 2.49. The van der Waals surface area contributed by atoms with Gasteiger partial charge >= 0.3 is 0 Å². The minimum absolute atomic E-state index is 0.487. The van der Waals surface area contributed by atoms with Crippen LogP contribution in [0.5, 0.6) is 0 Å². The van der Waals surface area contributed by atoms with Crippen molar-refractivity contribution in [3.63, 3.8) is 0 Å². The maximum atomic E-state index is 10.5. The van der Waals surface area contributed by atoms with Gasteiger partial charge in [-0.1, -0.05) is 12.1 Å². The molecule has 0 amide bonds. The van der Waals surface area contributed by atoms with E-state index in [2.05, 4.69) is 34.5 Å². The number of benzene rings is 1. The van der Waals surface area contributed by atoms with Gasteiger partial charge < -0.3 is 15.3 Å². The molecule has 1 aromatic rings. The van der Waals surface area contributed by atoms with Crippen molar-refractivity contribution in [1.29, 1.82) is 0 Å². The number of thioether (sulfide) groups is 1. The maximum Gasteiger partial charge on any atom is 0.0787 e. The van der Waals surface area contributed by atoms with Gasteiger partial charge in [-0.05, 0) is 61.3 Å². The summed E-state index contributed by atoms with van der Waals surface area (Å²) in [5.41, 5.74) is 2.17. The van der Waals surface area contributed by atoms with Gasteiger partial charge in [-0.3, -0.25) is 0 Å². The van der Waals surface area contributed by atoms with Crippen LogP contribution in [0.2, 0.25) is 0 Å². The summed E-state index contributed by atoms with van der Waals surface area (Å²) in [5.74, 6) is 2.17. The van der Waals surface area contributed by atoms with E-state index >= 15 is 0 Å². The van der Waals surface area contributed by atoms with E-state index in [1.165, 1.54) is 43.6 Å². The lowest BCUT2D eigenvalue weighted by molar-refractivity contribution is 0.0320. The second-order valence-corrected chi connectivity index (χ2v) is 7.88. The molecular formula is C18H28N2OS. The molecule has 2 saturated heterocycles. The Morgan fingerprint density at radius 2 is 1.73 bits per heavy atom. The first-order chi connectivity index (χ1) is 10.8. The molecule has 0 aliphatic carbocycles. The number of aliphatic hydroxyl groups is 1. The summed E-state index contributed by atoms with van der Waals surface area (Å²) in [6, 6.07) is 8.93. The third-order valence-electron chi connectivity index (χ3n) is 4.86. The summed E-state index contributed by atoms with van der Waals surface area (Å²) < 4.78 is 0. The molecule has 0 radical (unpaired) electrons. The molecule has 0 bridgehead atoms. The lowest BCUT2D eigenvalue weighted by Crippen LogP contribution is -2.43. The number of rotatable bonds is 5. The van der Waals surface area contributed by atoms with Crippen LogP contribution in [-0.4, -0.2) is 41.8 Å². The van der Waals surface area contributed by atoms with E-state index in [0.717, 1.165) is 30.9 Å². The van der Waals surface area contributed by atoms with Gasteiger partial charge in [0, 0.05) is 31.9 Å². The zero-order chi connectivity index (χ0) is 15.3. The van der Waals surface area contributed by atoms with Crippen molar-refractivity contribution in [2.24, 2.45) is 0 Å². The van der Waals surface area contributed by atoms with Crippen LogP contribution in [0.4, 0.5) is 5.69 Å². The van der Waals surface area contributed by atoms with E-state index in [-0.39, 0.29) is 0 Å². The highest BCUT2D eigenvalue weighted by atomic mass is 32.2. The van der Waals surface area contributed by atoms with Crippen molar-refractivity contribution in [3.05, 3.63) is 29.8 Å². The van der Waals surface area contributed by atoms with Gasteiger partial charge in [0.05, 0.1) is 5.60 Å². The number of hydrogen-bond acceptors (Lipinski definition) is 4. The second kappa shape index (κ2) is 7.71. The summed E-state index contributed by atoms with van der Waals surface area (Å²) in [5, 5.41) is 13.9. The van der Waals surface area contributed by atoms with Gasteiger partial charge in [-0.15, -0.1) is 0 Å². The van der Waals surface area contributed by atoms with E-state index in [1.54, 1.807) is 0 Å². The van der Waals surface area contributed by atoms with Crippen LogP contribution in [0, 0.1) is 0 Å². The van der Waals surface area contributed by atoms with Crippen molar-refractivity contribution in [2.45, 2.75) is 44.2 Å². The molecule has 0 aromatic heterocycles. The highest BCUT2D eigenvalue weighted by Gasteiger charge is 2.28. The van der Waals surface area contributed by atoms with Gasteiger partial charge in [0.15, 0.2) is 0 Å². The van der Waals surface area contributed by atoms with E-state index in [1.807, 2.05) is 11.8 Å². The Balaban J connectivity index is 1.46. The monoisotopic (exact) mass is 320 g/mol. The largest absolute Gasteiger partial charge is 0.389 e. The van der Waals surface area contributed by atoms with Gasteiger partial charge in [0.1, 0.15) is 0 Å². The van der Waals surface area contributed by atoms with Gasteiger partial charge in [0.25, 0.3) is 0 Å². The molecule has 22 heavy (non-hydrogen) atoms. The normalized spacial score (nSPS) is 21.8. The van der Waals surface area contributed by atoms with E-state index < -0.39 is 5.60 Å². The Morgan fingerprint density at radius 3 is 2.41 bits per heavy atom. The Hall–Kier alpha value is -0.710. The minimum Gasteiger partial charge on any atom is -0.389 e. The first-order valence-corrected chi connectivity index (χ1v) is 9.75. The Labute approximate surface area is 138 Å². The molecule has 122 valence electrons. The molecule has 0 saturated carbocycles. The van der Waals surface area contributed by atoms with Crippen molar-refractivity contribution in [2.75, 3.05) is 36.0 Å². The number of nitrogens with one attached hydrogen (secondary N) is 1. The molecular weight excluding hydrogens is 292 g/mol. The fourth-order valence-electron chi connectivity index (χ4n) is 3.34. The molecule has 4 heteroatoms. The van der Waals surface area contributed by atoms with E-state index in [4.69, 9.17) is 0 Å². The third kappa shape index (κ3) is 4.40. The molecule has 3 nitrogen and oxygen atoms in total. The van der Waals surface area contributed by atoms with Crippen LogP contribution in [-0.2, 0) is 6.54 Å². The molecule has 2 N–H and O–H groups in total. The van der Waals surface area contributed by atoms with Crippen molar-refractivity contribution < 1.29 is 5.11 Å². The highest BCUT2D eigenvalue weighted by molar-refractivity contribution is 7.99. The first-order valence-electron chi connectivity index (χ1n) is 8.60. The predicted molar refractivity (Wildman–Crippen MR) is 95.7 cm³/mol. The number of hydrogen-bond donors (Lipinski definition) is 2. The average Bonchev–Trinajstić information content (AvgIpc) is 2.57. The molecule has 2 aliphatic rings. The summed E-state index contributed by atoms with van der Waals surface area (Å²) >= 11 is 1.95. The molecule has 0 spiro atoms. The lowest BCUT2D eigenvalue weighted by Gasteiger charge is -2.32. The fourth-order valence-corrected chi connectivity index (χ4v) is 4.60. The minimum atomic E-state index is -0.487. The van der Waals surface area contributed by atoms with Gasteiger partial charge in [-0.25, -0.2) is 0 Å². The van der Waals surface area contributed by atoms with Crippen molar-refractivity contribution in [3.8, 4) is 0 Å². The quantitative estimate of drug-likeness (QED) is 0.874. The lowest BCUT2D eigenvalue weighted by atomic mass is 9.97. The number of piperidine rings is 1. The Morgan fingerprint density at radius 1 is 1.05 bits per heavy atom. The van der Waals surface area contributed by atoms with Gasteiger partial charge in [0.2, 0.25) is 0 Å². The number of anilines is 1. The molecule has 0 atom stereocenters. The van der Waals surface area contributed by atoms with Crippen LogP contribution in [0.25, 0.3) is 0 Å². The molecule has 0 unspecified atom stereocenters. The first kappa shape index (κ1) is 16.2. The SMILES string of the molecule is OC1(CNCc2ccc(N3CCCCC3)cc2)CCSCC1. The summed E-state index contributed by atoms with van der Waals surface area (Å²) in [7, 11) is 0. The molecule has 2 fully saturated rings. The molecule has 3 rings (SSSR count). The zero-order valence-electron chi connectivity index (χ0n) is 13.4. The van der Waals surface area contributed by atoms with Crippen LogP contribution in [0.1, 0.15) is 37.7 Å². The maximum absolute atomic E-state index is 10.5. The Bertz CT molecular complexity index is 451. The second-order valence-electron chi connectivity index (χ2n) is 6.65. The average molecular weight is 321 g/mol. The Kier molecular flexibility index (Phi) is 5.66. The topological polar surface area (TPSA) is 35.5 Å². The standard InChI is InChI=1S/C18H28N2OS/c21-18(8-12-22-13-9-18)15-19-14-16-4-6-17(7-5-16)20-10-2-1-3-11-20/h4-7,19,21H,1-3,8-15H2. The summed E-state index contributed by atoms with van der Waals surface area (Å²) in [6.07, 6.45) is 5.84. The molecule has 1 aromatic carbocycles. The smallest absolute Gasteiger partial charge is 0.0787 e. The fraction of sp³-hybridized carbons (Fsp3) is 0.667. The third-order valence-corrected chi connectivity index (χ3v) is 5.85. The highest BCUT2D eigenvalue weighted by Crippen LogP contribution is 2.26. The van der Waals surface area contributed by atoms with Crippen LogP contribution < -0.4 is 10.2 Å². The molecule has 2 aliphatic heterocycles. The van der Waals surface area contributed by atoms with Gasteiger partial charge in [-0.2, -0.15) is 11.8 Å². The van der Waals surface area contributed by atoms with E-state index in [9.17, 15) is 5.11 Å². The van der Waals surface area contributed by atoms with Crippen molar-refractivity contribution >= 4 is 17.4 Å². The zero-order valence-corrected chi connectivity index (χ0v) is 14.2. The van der Waals surface area contributed by atoms with Crippen LogP contribution in [0.3, 0.4) is 0 Å². The predicted octanol–water partition coefficient (Wildman–Crippen LogP) is 3.02.